The van der Waals surface area contributed by atoms with Crippen LogP contribution in [0.4, 0.5) is 0 Å². The normalized spacial score (nSPS) is 15.1. The van der Waals surface area contributed by atoms with Gasteiger partial charge in [-0.15, -0.1) is 0 Å². The molecule has 1 saturated heterocycles. The number of hydrogen-bond donors (Lipinski definition) is 0. The first-order valence-electron chi connectivity index (χ1n) is 11.1. The lowest BCUT2D eigenvalue weighted by Crippen LogP contribution is -2.52. The Kier molecular flexibility index (Phi) is 7.59. The Morgan fingerprint density at radius 1 is 0.818 bits per heavy atom. The highest BCUT2D eigenvalue weighted by Crippen LogP contribution is 2.15. The number of nitrogens with zero attached hydrogens (tertiary/aromatic N) is 3. The number of rotatable bonds is 9. The maximum absolute atomic E-state index is 13.1. The van der Waals surface area contributed by atoms with Crippen molar-refractivity contribution in [3.63, 3.8) is 0 Å². The number of furan rings is 1. The molecule has 1 fully saturated rings. The van der Waals surface area contributed by atoms with E-state index in [1.165, 1.54) is 4.31 Å². The second-order valence-corrected chi connectivity index (χ2v) is 10.2. The summed E-state index contributed by atoms with van der Waals surface area (Å²) in [6.07, 6.45) is 1.63. The van der Waals surface area contributed by atoms with Gasteiger partial charge >= 0.3 is 0 Å². The fourth-order valence-corrected chi connectivity index (χ4v) is 5.53. The smallest absolute Gasteiger partial charge is 0.236 e. The van der Waals surface area contributed by atoms with Gasteiger partial charge in [0, 0.05) is 32.7 Å². The molecule has 0 spiro atoms. The van der Waals surface area contributed by atoms with Gasteiger partial charge in [-0.25, -0.2) is 8.42 Å². The number of carbonyl (C=O) groups is 1. The number of piperazine rings is 1. The molecule has 0 bridgehead atoms. The largest absolute Gasteiger partial charge is 0.468 e. The van der Waals surface area contributed by atoms with Crippen molar-refractivity contribution >= 4 is 15.9 Å². The molecule has 1 aliphatic rings. The first-order valence-corrected chi connectivity index (χ1v) is 12.7. The van der Waals surface area contributed by atoms with Crippen LogP contribution in [0.3, 0.4) is 0 Å². The molecule has 1 amide bonds. The Hall–Kier alpha value is -2.94. The Balaban J connectivity index is 1.34. The van der Waals surface area contributed by atoms with Gasteiger partial charge in [-0.05, 0) is 23.3 Å². The number of benzene rings is 2. The molecule has 2 aromatic carbocycles. The Morgan fingerprint density at radius 3 is 2.06 bits per heavy atom. The third-order valence-electron chi connectivity index (χ3n) is 5.74. The quantitative estimate of drug-likeness (QED) is 0.484. The molecule has 1 aliphatic heterocycles. The van der Waals surface area contributed by atoms with Gasteiger partial charge in [-0.3, -0.25) is 9.69 Å². The summed E-state index contributed by atoms with van der Waals surface area (Å²) in [4.78, 5) is 16.9. The minimum absolute atomic E-state index is 0.00223. The molecule has 0 radical (unpaired) electrons. The molecular weight excluding hydrogens is 438 g/mol. The maximum atomic E-state index is 13.1. The lowest BCUT2D eigenvalue weighted by molar-refractivity contribution is -0.134. The van der Waals surface area contributed by atoms with Crippen molar-refractivity contribution < 1.29 is 17.6 Å². The minimum Gasteiger partial charge on any atom is -0.468 e. The van der Waals surface area contributed by atoms with Crippen LogP contribution >= 0.6 is 0 Å². The molecule has 174 valence electrons. The van der Waals surface area contributed by atoms with E-state index in [1.54, 1.807) is 11.2 Å². The van der Waals surface area contributed by atoms with Gasteiger partial charge in [0.1, 0.15) is 5.76 Å². The van der Waals surface area contributed by atoms with E-state index in [2.05, 4.69) is 4.90 Å². The van der Waals surface area contributed by atoms with Crippen molar-refractivity contribution in [2.24, 2.45) is 0 Å². The second kappa shape index (κ2) is 10.8. The van der Waals surface area contributed by atoms with E-state index in [0.717, 1.165) is 16.9 Å². The van der Waals surface area contributed by atoms with Crippen LogP contribution in [0.25, 0.3) is 0 Å². The molecule has 7 nitrogen and oxygen atoms in total. The van der Waals surface area contributed by atoms with Gasteiger partial charge in [0.05, 0.1) is 25.1 Å². The summed E-state index contributed by atoms with van der Waals surface area (Å²) in [5.41, 5.74) is 1.89. The molecule has 1 aromatic heterocycles. The van der Waals surface area contributed by atoms with E-state index in [0.29, 0.717) is 39.3 Å². The minimum atomic E-state index is -3.41. The lowest BCUT2D eigenvalue weighted by Gasteiger charge is -2.35. The predicted octanol–water partition coefficient (Wildman–Crippen LogP) is 2.96. The Bertz CT molecular complexity index is 1110. The summed E-state index contributed by atoms with van der Waals surface area (Å²) >= 11 is 0. The fraction of sp³-hybridized carbons (Fsp3) is 0.320. The zero-order valence-corrected chi connectivity index (χ0v) is 19.4. The highest BCUT2D eigenvalue weighted by molar-refractivity contribution is 7.88. The standard InChI is InChI=1S/C25H29N3O4S/c29-25(20-26(19-24-12-7-17-32-24)18-22-8-3-1-4-9-22)27-13-15-28(16-14-27)33(30,31)21-23-10-5-2-6-11-23/h1-12,17H,13-16,18-21H2. The van der Waals surface area contributed by atoms with Crippen LogP contribution in [0.5, 0.6) is 0 Å². The maximum Gasteiger partial charge on any atom is 0.236 e. The molecule has 0 N–H and O–H groups in total. The van der Waals surface area contributed by atoms with Crippen LogP contribution < -0.4 is 0 Å². The van der Waals surface area contributed by atoms with Crippen LogP contribution in [-0.4, -0.2) is 61.2 Å². The van der Waals surface area contributed by atoms with E-state index >= 15 is 0 Å². The molecule has 0 aliphatic carbocycles. The molecule has 4 rings (SSSR count). The van der Waals surface area contributed by atoms with Crippen LogP contribution in [0.1, 0.15) is 16.9 Å². The van der Waals surface area contributed by atoms with E-state index < -0.39 is 10.0 Å². The Morgan fingerprint density at radius 2 is 1.45 bits per heavy atom. The van der Waals surface area contributed by atoms with E-state index in [4.69, 9.17) is 4.42 Å². The lowest BCUT2D eigenvalue weighted by atomic mass is 10.2. The van der Waals surface area contributed by atoms with E-state index in [-0.39, 0.29) is 18.2 Å². The summed E-state index contributed by atoms with van der Waals surface area (Å²) in [6.45, 7) is 2.82. The van der Waals surface area contributed by atoms with Crippen molar-refractivity contribution in [1.82, 2.24) is 14.1 Å². The fourth-order valence-electron chi connectivity index (χ4n) is 4.02. The topological polar surface area (TPSA) is 74.1 Å². The van der Waals surface area contributed by atoms with Gasteiger partial charge in [0.15, 0.2) is 0 Å². The monoisotopic (exact) mass is 467 g/mol. The number of amides is 1. The highest BCUT2D eigenvalue weighted by Gasteiger charge is 2.29. The summed E-state index contributed by atoms with van der Waals surface area (Å²) < 4.78 is 32.6. The summed E-state index contributed by atoms with van der Waals surface area (Å²) in [5, 5.41) is 0. The molecule has 0 atom stereocenters. The van der Waals surface area contributed by atoms with Crippen LogP contribution in [0, 0.1) is 0 Å². The molecule has 3 aromatic rings. The predicted molar refractivity (Wildman–Crippen MR) is 126 cm³/mol. The zero-order valence-electron chi connectivity index (χ0n) is 18.5. The van der Waals surface area contributed by atoms with Crippen LogP contribution in [-0.2, 0) is 33.7 Å². The van der Waals surface area contributed by atoms with E-state index in [1.807, 2.05) is 72.8 Å². The first kappa shape index (κ1) is 23.2. The first-order chi connectivity index (χ1) is 16.0. The molecule has 0 saturated carbocycles. The van der Waals surface area contributed by atoms with Gasteiger partial charge < -0.3 is 9.32 Å². The average Bonchev–Trinajstić information content (AvgIpc) is 3.33. The molecule has 33 heavy (non-hydrogen) atoms. The van der Waals surface area contributed by atoms with Gasteiger partial charge in [0.25, 0.3) is 0 Å². The number of carbonyl (C=O) groups excluding carboxylic acids is 1. The SMILES string of the molecule is O=C(CN(Cc1ccccc1)Cc1ccco1)N1CCN(S(=O)(=O)Cc2ccccc2)CC1. The Labute approximate surface area is 195 Å². The number of sulfonamides is 1. The van der Waals surface area contributed by atoms with Gasteiger partial charge in [0.2, 0.25) is 15.9 Å². The number of hydrogen-bond acceptors (Lipinski definition) is 5. The molecule has 8 heteroatoms. The third-order valence-corrected chi connectivity index (χ3v) is 7.59. The van der Waals surface area contributed by atoms with Crippen molar-refractivity contribution in [2.45, 2.75) is 18.8 Å². The summed E-state index contributed by atoms with van der Waals surface area (Å²) in [5.74, 6) is 0.781. The molecular formula is C25H29N3O4S. The highest BCUT2D eigenvalue weighted by atomic mass is 32.2. The van der Waals surface area contributed by atoms with E-state index in [9.17, 15) is 13.2 Å². The van der Waals surface area contributed by atoms with Crippen LogP contribution in [0.2, 0.25) is 0 Å². The summed E-state index contributed by atoms with van der Waals surface area (Å²) in [6, 6.07) is 22.9. The molecule has 2 heterocycles. The van der Waals surface area contributed by atoms with Crippen LogP contribution in [0.15, 0.2) is 83.5 Å². The van der Waals surface area contributed by atoms with Crippen molar-refractivity contribution in [3.8, 4) is 0 Å². The van der Waals surface area contributed by atoms with Crippen molar-refractivity contribution in [1.29, 1.82) is 0 Å². The second-order valence-electron chi connectivity index (χ2n) is 8.23. The average molecular weight is 468 g/mol. The molecule has 0 unspecified atom stereocenters. The zero-order chi connectivity index (χ0) is 23.1. The summed E-state index contributed by atoms with van der Waals surface area (Å²) in [7, 11) is -3.41. The van der Waals surface area contributed by atoms with Gasteiger partial charge in [-0.2, -0.15) is 4.31 Å². The van der Waals surface area contributed by atoms with Gasteiger partial charge in [-0.1, -0.05) is 60.7 Å². The van der Waals surface area contributed by atoms with Crippen molar-refractivity contribution in [2.75, 3.05) is 32.7 Å². The third kappa shape index (κ3) is 6.54. The van der Waals surface area contributed by atoms with Crippen molar-refractivity contribution in [3.05, 3.63) is 95.9 Å².